The minimum absolute atomic E-state index is 0.0191. The van der Waals surface area contributed by atoms with Crippen LogP contribution in [0.2, 0.25) is 0 Å². The molecule has 0 saturated carbocycles. The van der Waals surface area contributed by atoms with Crippen LogP contribution in [-0.4, -0.2) is 19.2 Å². The Balaban J connectivity index is 1.96. The maximum Gasteiger partial charge on any atom is 0.268 e. The van der Waals surface area contributed by atoms with E-state index in [1.54, 1.807) is 22.2 Å². The van der Waals surface area contributed by atoms with Crippen LogP contribution in [0, 0.1) is 6.92 Å². The molecule has 1 atom stereocenters. The highest BCUT2D eigenvalue weighted by Crippen LogP contribution is 2.41. The summed E-state index contributed by atoms with van der Waals surface area (Å²) in [4.78, 5) is 15.8. The fourth-order valence-electron chi connectivity index (χ4n) is 3.93. The van der Waals surface area contributed by atoms with Crippen LogP contribution in [0.3, 0.4) is 0 Å². The molecule has 0 N–H and O–H groups in total. The molecule has 1 aliphatic rings. The molecule has 0 amide bonds. The minimum atomic E-state index is 0.0191. The molecule has 5 nitrogen and oxygen atoms in total. The molecule has 0 aliphatic heterocycles. The Kier molecular flexibility index (Phi) is 3.12. The van der Waals surface area contributed by atoms with Crippen molar-refractivity contribution >= 4 is 27.3 Å². The first-order chi connectivity index (χ1) is 12.1. The third-order valence-electron chi connectivity index (χ3n) is 5.19. The van der Waals surface area contributed by atoms with E-state index in [1.165, 1.54) is 16.9 Å². The Morgan fingerprint density at radius 2 is 2.04 bits per heavy atom. The van der Waals surface area contributed by atoms with Crippen molar-refractivity contribution in [3.63, 3.8) is 0 Å². The van der Waals surface area contributed by atoms with Gasteiger partial charge in [-0.05, 0) is 49.8 Å². The van der Waals surface area contributed by atoms with Crippen LogP contribution in [0.1, 0.15) is 41.7 Å². The second kappa shape index (κ2) is 5.26. The Bertz CT molecular complexity index is 1170. The van der Waals surface area contributed by atoms with Crippen LogP contribution in [0.15, 0.2) is 35.4 Å². The van der Waals surface area contributed by atoms with Gasteiger partial charge in [-0.25, -0.2) is 4.57 Å². The van der Waals surface area contributed by atoms with Crippen LogP contribution in [0.5, 0.6) is 0 Å². The minimum Gasteiger partial charge on any atom is -0.268 e. The summed E-state index contributed by atoms with van der Waals surface area (Å²) in [6, 6.07) is 7.98. The highest BCUT2D eigenvalue weighted by molar-refractivity contribution is 7.18. The predicted octanol–water partition coefficient (Wildman–Crippen LogP) is 3.84. The molecule has 0 unspecified atom stereocenters. The van der Waals surface area contributed by atoms with Gasteiger partial charge >= 0.3 is 0 Å². The van der Waals surface area contributed by atoms with Crippen molar-refractivity contribution in [2.45, 2.75) is 39.0 Å². The van der Waals surface area contributed by atoms with Crippen molar-refractivity contribution in [2.75, 3.05) is 0 Å². The quantitative estimate of drug-likeness (QED) is 0.524. The SMILES string of the molecule is Cc1ccc(-n2c(=O)c3c4c(sc3n3cnnc23)CCC[C@@H]4C)cc1. The van der Waals surface area contributed by atoms with Gasteiger partial charge in [-0.2, -0.15) is 0 Å². The number of fused-ring (bicyclic) bond motifs is 5. The van der Waals surface area contributed by atoms with E-state index < -0.39 is 0 Å². The van der Waals surface area contributed by atoms with E-state index in [2.05, 4.69) is 17.1 Å². The number of hydrogen-bond acceptors (Lipinski definition) is 4. The summed E-state index contributed by atoms with van der Waals surface area (Å²) in [5.41, 5.74) is 3.26. The van der Waals surface area contributed by atoms with E-state index in [-0.39, 0.29) is 5.56 Å². The van der Waals surface area contributed by atoms with Crippen LogP contribution in [0.25, 0.3) is 21.7 Å². The van der Waals surface area contributed by atoms with Crippen molar-refractivity contribution < 1.29 is 0 Å². The lowest BCUT2D eigenvalue weighted by atomic mass is 9.88. The summed E-state index contributed by atoms with van der Waals surface area (Å²) in [6.45, 7) is 4.27. The molecule has 0 bridgehead atoms. The first-order valence-corrected chi connectivity index (χ1v) is 9.44. The molecular weight excluding hydrogens is 332 g/mol. The van der Waals surface area contributed by atoms with Crippen LogP contribution < -0.4 is 5.56 Å². The van der Waals surface area contributed by atoms with E-state index in [9.17, 15) is 4.79 Å². The molecule has 0 saturated heterocycles. The summed E-state index contributed by atoms with van der Waals surface area (Å²) in [5, 5.41) is 9.16. The molecule has 126 valence electrons. The molecule has 0 spiro atoms. The number of aryl methyl sites for hydroxylation is 2. The van der Waals surface area contributed by atoms with Crippen molar-refractivity contribution in [3.05, 3.63) is 57.0 Å². The average Bonchev–Trinajstić information content (AvgIpc) is 3.21. The van der Waals surface area contributed by atoms with Gasteiger partial charge in [0.25, 0.3) is 5.56 Å². The van der Waals surface area contributed by atoms with Crippen molar-refractivity contribution in [3.8, 4) is 5.69 Å². The molecule has 1 aliphatic carbocycles. The van der Waals surface area contributed by atoms with Gasteiger partial charge < -0.3 is 0 Å². The van der Waals surface area contributed by atoms with E-state index >= 15 is 0 Å². The highest BCUT2D eigenvalue weighted by atomic mass is 32.1. The van der Waals surface area contributed by atoms with E-state index in [4.69, 9.17) is 0 Å². The number of aromatic nitrogens is 4. The smallest absolute Gasteiger partial charge is 0.268 e. The average molecular weight is 350 g/mol. The molecular formula is C19H18N4OS. The molecule has 3 heterocycles. The molecule has 1 aromatic carbocycles. The van der Waals surface area contributed by atoms with Gasteiger partial charge in [0.15, 0.2) is 0 Å². The van der Waals surface area contributed by atoms with Gasteiger partial charge in [-0.3, -0.25) is 9.20 Å². The third-order valence-corrected chi connectivity index (χ3v) is 6.46. The Labute approximate surface area is 148 Å². The largest absolute Gasteiger partial charge is 0.268 e. The fourth-order valence-corrected chi connectivity index (χ4v) is 5.35. The maximum absolute atomic E-state index is 13.5. The first-order valence-electron chi connectivity index (χ1n) is 8.62. The molecule has 0 fully saturated rings. The van der Waals surface area contributed by atoms with Crippen molar-refractivity contribution in [2.24, 2.45) is 0 Å². The highest BCUT2D eigenvalue weighted by Gasteiger charge is 2.27. The number of benzene rings is 1. The number of nitrogens with zero attached hydrogens (tertiary/aromatic N) is 4. The second-order valence-electron chi connectivity index (χ2n) is 6.89. The first kappa shape index (κ1) is 14.8. The zero-order valence-corrected chi connectivity index (χ0v) is 15.0. The van der Waals surface area contributed by atoms with Crippen LogP contribution >= 0.6 is 11.3 Å². The maximum atomic E-state index is 13.5. The topological polar surface area (TPSA) is 52.2 Å². The lowest BCUT2D eigenvalue weighted by molar-refractivity contribution is 0.601. The van der Waals surface area contributed by atoms with Gasteiger partial charge in [0, 0.05) is 4.88 Å². The molecule has 5 rings (SSSR count). The van der Waals surface area contributed by atoms with Crippen molar-refractivity contribution in [1.82, 2.24) is 19.2 Å². The molecule has 6 heteroatoms. The van der Waals surface area contributed by atoms with E-state index in [1.807, 2.05) is 35.6 Å². The number of rotatable bonds is 1. The molecule has 25 heavy (non-hydrogen) atoms. The fraction of sp³-hybridized carbons (Fsp3) is 0.316. The lowest BCUT2D eigenvalue weighted by Crippen LogP contribution is -2.22. The second-order valence-corrected chi connectivity index (χ2v) is 7.97. The van der Waals surface area contributed by atoms with Gasteiger partial charge in [-0.15, -0.1) is 21.5 Å². The summed E-state index contributed by atoms with van der Waals surface area (Å²) >= 11 is 1.73. The lowest BCUT2D eigenvalue weighted by Gasteiger charge is -2.18. The normalized spacial score (nSPS) is 17.3. The zero-order chi connectivity index (χ0) is 17.1. The summed E-state index contributed by atoms with van der Waals surface area (Å²) in [6.07, 6.45) is 5.11. The number of thiophene rings is 1. The predicted molar refractivity (Wildman–Crippen MR) is 100 cm³/mol. The zero-order valence-electron chi connectivity index (χ0n) is 14.2. The van der Waals surface area contributed by atoms with Crippen LogP contribution in [0.4, 0.5) is 0 Å². The van der Waals surface area contributed by atoms with Crippen molar-refractivity contribution in [1.29, 1.82) is 0 Å². The van der Waals surface area contributed by atoms with E-state index in [0.717, 1.165) is 34.3 Å². The molecule has 3 aromatic heterocycles. The Morgan fingerprint density at radius 1 is 1.24 bits per heavy atom. The Hall–Kier alpha value is -2.47. The van der Waals surface area contributed by atoms with E-state index in [0.29, 0.717) is 11.7 Å². The molecule has 0 radical (unpaired) electrons. The van der Waals surface area contributed by atoms with Gasteiger partial charge in [-0.1, -0.05) is 24.6 Å². The van der Waals surface area contributed by atoms with Gasteiger partial charge in [0.05, 0.1) is 11.1 Å². The van der Waals surface area contributed by atoms with Gasteiger partial charge in [0.2, 0.25) is 5.78 Å². The molecule has 4 aromatic rings. The standard InChI is InChI=1S/C19H18N4OS/c1-11-6-8-13(9-7-11)23-17(24)16-15-12(2)4-3-5-14(15)25-18(16)22-10-20-21-19(22)23/h6-10,12H,3-5H2,1-2H3/t12-/m0/s1. The monoisotopic (exact) mass is 350 g/mol. The Morgan fingerprint density at radius 3 is 2.84 bits per heavy atom. The van der Waals surface area contributed by atoms with Gasteiger partial charge in [0.1, 0.15) is 11.2 Å². The third kappa shape index (κ3) is 2.03. The van der Waals surface area contributed by atoms with Crippen LogP contribution in [-0.2, 0) is 6.42 Å². The summed E-state index contributed by atoms with van der Waals surface area (Å²) in [7, 11) is 0. The summed E-state index contributed by atoms with van der Waals surface area (Å²) < 4.78 is 3.66. The number of hydrogen-bond donors (Lipinski definition) is 0. The summed E-state index contributed by atoms with van der Waals surface area (Å²) in [5.74, 6) is 0.998.